The van der Waals surface area contributed by atoms with Gasteiger partial charge in [0, 0.05) is 12.3 Å². The largest absolute Gasteiger partial charge is 0.425 e. The van der Waals surface area contributed by atoms with Gasteiger partial charge in [0.2, 0.25) is 0 Å². The quantitative estimate of drug-likeness (QED) is 0.674. The second kappa shape index (κ2) is 3.43. The topological polar surface area (TPSA) is 42.2 Å². The average Bonchev–Trinajstić information content (AvgIpc) is 1.96. The number of hydrogen-bond acceptors (Lipinski definition) is 2. The van der Waals surface area contributed by atoms with E-state index in [1.54, 1.807) is 6.07 Å². The Morgan fingerprint density at radius 3 is 2.75 bits per heavy atom. The highest BCUT2D eigenvalue weighted by Gasteiger charge is 1.99. The van der Waals surface area contributed by atoms with E-state index in [-0.39, 0.29) is 5.56 Å². The van der Waals surface area contributed by atoms with Crippen molar-refractivity contribution in [3.05, 3.63) is 34.2 Å². The summed E-state index contributed by atoms with van der Waals surface area (Å²) in [4.78, 5) is 10.9. The molecule has 1 rings (SSSR count). The number of pyridine rings is 1. The van der Waals surface area contributed by atoms with Crippen LogP contribution in [0.4, 0.5) is 0 Å². The van der Waals surface area contributed by atoms with Crippen LogP contribution in [0.2, 0.25) is 0 Å². The SMILES string of the molecule is CC(C)Cc1ccn(O)c(=O)c1. The molecule has 12 heavy (non-hydrogen) atoms. The molecule has 1 aromatic rings. The average molecular weight is 167 g/mol. The van der Waals surface area contributed by atoms with Gasteiger partial charge >= 0.3 is 0 Å². The molecule has 1 aromatic heterocycles. The van der Waals surface area contributed by atoms with E-state index < -0.39 is 0 Å². The molecule has 0 atom stereocenters. The van der Waals surface area contributed by atoms with E-state index in [1.807, 2.05) is 0 Å². The third-order valence-electron chi connectivity index (χ3n) is 1.61. The monoisotopic (exact) mass is 167 g/mol. The fourth-order valence-corrected chi connectivity index (χ4v) is 1.11. The van der Waals surface area contributed by atoms with Crippen molar-refractivity contribution in [1.29, 1.82) is 0 Å². The first-order valence-electron chi connectivity index (χ1n) is 4.00. The first-order valence-corrected chi connectivity index (χ1v) is 4.00. The molecule has 0 unspecified atom stereocenters. The molecule has 0 fully saturated rings. The van der Waals surface area contributed by atoms with Crippen LogP contribution >= 0.6 is 0 Å². The van der Waals surface area contributed by atoms with Gasteiger partial charge < -0.3 is 5.21 Å². The van der Waals surface area contributed by atoms with Gasteiger partial charge in [-0.05, 0) is 24.0 Å². The fourth-order valence-electron chi connectivity index (χ4n) is 1.11. The molecule has 0 aliphatic heterocycles. The van der Waals surface area contributed by atoms with Crippen LogP contribution in [0.25, 0.3) is 0 Å². The lowest BCUT2D eigenvalue weighted by molar-refractivity contribution is 0.174. The van der Waals surface area contributed by atoms with Gasteiger partial charge in [0.25, 0.3) is 5.56 Å². The molecule has 0 aromatic carbocycles. The minimum absolute atomic E-state index is 0.367. The van der Waals surface area contributed by atoms with Gasteiger partial charge in [0.15, 0.2) is 0 Å². The molecule has 0 amide bonds. The number of nitrogens with zero attached hydrogens (tertiary/aromatic N) is 1. The lowest BCUT2D eigenvalue weighted by Gasteiger charge is -2.03. The predicted molar refractivity (Wildman–Crippen MR) is 46.4 cm³/mol. The first-order chi connectivity index (χ1) is 5.59. The normalized spacial score (nSPS) is 10.6. The van der Waals surface area contributed by atoms with Crippen LogP contribution in [-0.2, 0) is 6.42 Å². The zero-order chi connectivity index (χ0) is 9.14. The predicted octanol–water partition coefficient (Wildman–Crippen LogP) is 1.28. The van der Waals surface area contributed by atoms with Gasteiger partial charge in [-0.1, -0.05) is 13.8 Å². The fraction of sp³-hybridized carbons (Fsp3) is 0.444. The van der Waals surface area contributed by atoms with Crippen LogP contribution in [0.1, 0.15) is 19.4 Å². The van der Waals surface area contributed by atoms with Gasteiger partial charge in [-0.25, -0.2) is 0 Å². The van der Waals surface area contributed by atoms with Gasteiger partial charge in [-0.15, -0.1) is 0 Å². The summed E-state index contributed by atoms with van der Waals surface area (Å²) in [6.07, 6.45) is 2.25. The van der Waals surface area contributed by atoms with Gasteiger partial charge in [-0.3, -0.25) is 4.79 Å². The molecular weight excluding hydrogens is 154 g/mol. The summed E-state index contributed by atoms with van der Waals surface area (Å²) in [6, 6.07) is 3.21. The lowest BCUT2D eigenvalue weighted by atomic mass is 10.0. The van der Waals surface area contributed by atoms with E-state index in [0.717, 1.165) is 12.0 Å². The Bertz CT molecular complexity index is 315. The van der Waals surface area contributed by atoms with Crippen molar-refractivity contribution in [2.75, 3.05) is 0 Å². The summed E-state index contributed by atoms with van der Waals surface area (Å²) in [5.74, 6) is 0.527. The maximum atomic E-state index is 10.9. The van der Waals surface area contributed by atoms with E-state index in [1.165, 1.54) is 12.3 Å². The molecule has 0 bridgehead atoms. The third-order valence-corrected chi connectivity index (χ3v) is 1.61. The highest BCUT2D eigenvalue weighted by Crippen LogP contribution is 2.04. The molecule has 0 saturated heterocycles. The molecule has 1 heterocycles. The maximum absolute atomic E-state index is 10.9. The number of aromatic nitrogens is 1. The van der Waals surface area contributed by atoms with Crippen molar-refractivity contribution in [2.45, 2.75) is 20.3 Å². The van der Waals surface area contributed by atoms with Crippen molar-refractivity contribution in [1.82, 2.24) is 4.73 Å². The molecule has 0 spiro atoms. The summed E-state index contributed by atoms with van der Waals surface area (Å²) in [5, 5.41) is 8.88. The second-order valence-electron chi connectivity index (χ2n) is 3.32. The minimum atomic E-state index is -0.367. The molecule has 3 heteroatoms. The van der Waals surface area contributed by atoms with Crippen LogP contribution < -0.4 is 5.56 Å². The highest BCUT2D eigenvalue weighted by atomic mass is 16.5. The molecule has 0 aliphatic carbocycles. The van der Waals surface area contributed by atoms with E-state index in [4.69, 9.17) is 5.21 Å². The van der Waals surface area contributed by atoms with E-state index >= 15 is 0 Å². The molecule has 0 saturated carbocycles. The molecule has 0 radical (unpaired) electrons. The van der Waals surface area contributed by atoms with Crippen molar-refractivity contribution >= 4 is 0 Å². The zero-order valence-electron chi connectivity index (χ0n) is 7.32. The van der Waals surface area contributed by atoms with Crippen molar-refractivity contribution in [3.8, 4) is 0 Å². The summed E-state index contributed by atoms with van der Waals surface area (Å²) in [6.45, 7) is 4.18. The Morgan fingerprint density at radius 2 is 2.25 bits per heavy atom. The van der Waals surface area contributed by atoms with Gasteiger partial charge in [-0.2, -0.15) is 4.73 Å². The molecule has 0 aliphatic rings. The third kappa shape index (κ3) is 2.12. The molecule has 3 nitrogen and oxygen atoms in total. The Labute approximate surface area is 71.2 Å². The summed E-state index contributed by atoms with van der Waals surface area (Å²) in [5.41, 5.74) is 0.605. The van der Waals surface area contributed by atoms with E-state index in [9.17, 15) is 4.79 Å². The lowest BCUT2D eigenvalue weighted by Crippen LogP contribution is -2.16. The Balaban J connectivity index is 2.90. The van der Waals surface area contributed by atoms with Gasteiger partial charge in [0.1, 0.15) is 0 Å². The first kappa shape index (κ1) is 8.84. The van der Waals surface area contributed by atoms with Crippen LogP contribution in [0, 0.1) is 5.92 Å². The smallest absolute Gasteiger partial charge is 0.283 e. The van der Waals surface area contributed by atoms with Crippen molar-refractivity contribution < 1.29 is 5.21 Å². The second-order valence-corrected chi connectivity index (χ2v) is 3.32. The Kier molecular flexibility index (Phi) is 2.53. The minimum Gasteiger partial charge on any atom is -0.425 e. The maximum Gasteiger partial charge on any atom is 0.283 e. The summed E-state index contributed by atoms with van der Waals surface area (Å²) < 4.78 is 0.587. The van der Waals surface area contributed by atoms with Crippen LogP contribution in [0.15, 0.2) is 23.1 Å². The Morgan fingerprint density at radius 1 is 1.58 bits per heavy atom. The highest BCUT2D eigenvalue weighted by molar-refractivity contribution is 5.10. The number of rotatable bonds is 2. The summed E-state index contributed by atoms with van der Waals surface area (Å²) >= 11 is 0. The summed E-state index contributed by atoms with van der Waals surface area (Å²) in [7, 11) is 0. The van der Waals surface area contributed by atoms with Crippen molar-refractivity contribution in [3.63, 3.8) is 0 Å². The Hall–Kier alpha value is -1.25. The molecule has 1 N–H and O–H groups in total. The van der Waals surface area contributed by atoms with Crippen molar-refractivity contribution in [2.24, 2.45) is 5.92 Å². The van der Waals surface area contributed by atoms with E-state index in [0.29, 0.717) is 10.6 Å². The number of hydrogen-bond donors (Lipinski definition) is 1. The van der Waals surface area contributed by atoms with Crippen LogP contribution in [-0.4, -0.2) is 9.94 Å². The van der Waals surface area contributed by atoms with Gasteiger partial charge in [0.05, 0.1) is 0 Å². The standard InChI is InChI=1S/C9H13NO2/c1-7(2)5-8-3-4-10(12)9(11)6-8/h3-4,6-7,12H,5H2,1-2H3. The molecular formula is C9H13NO2. The van der Waals surface area contributed by atoms with E-state index in [2.05, 4.69) is 13.8 Å². The van der Waals surface area contributed by atoms with Crippen LogP contribution in [0.3, 0.4) is 0 Å². The molecule has 66 valence electrons. The zero-order valence-corrected chi connectivity index (χ0v) is 7.32. The van der Waals surface area contributed by atoms with Crippen LogP contribution in [0.5, 0.6) is 0 Å².